The van der Waals surface area contributed by atoms with Gasteiger partial charge in [0.1, 0.15) is 0 Å². The molecule has 1 saturated heterocycles. The van der Waals surface area contributed by atoms with Crippen LogP contribution < -0.4 is 5.32 Å². The zero-order valence-corrected chi connectivity index (χ0v) is 12.7. The summed E-state index contributed by atoms with van der Waals surface area (Å²) in [5.41, 5.74) is 0.183. The van der Waals surface area contributed by atoms with Crippen molar-refractivity contribution in [2.24, 2.45) is 11.3 Å². The van der Waals surface area contributed by atoms with Crippen molar-refractivity contribution < 1.29 is 14.7 Å². The van der Waals surface area contributed by atoms with Crippen molar-refractivity contribution in [3.63, 3.8) is 0 Å². The van der Waals surface area contributed by atoms with Gasteiger partial charge in [-0.15, -0.1) is 0 Å². The Balaban J connectivity index is 1.95. The topological polar surface area (TPSA) is 69.6 Å². The van der Waals surface area contributed by atoms with E-state index in [0.717, 1.165) is 25.9 Å². The van der Waals surface area contributed by atoms with Crippen LogP contribution in [-0.4, -0.2) is 47.1 Å². The normalized spacial score (nSPS) is 33.0. The summed E-state index contributed by atoms with van der Waals surface area (Å²) in [4.78, 5) is 25.6. The smallest absolute Gasteiger partial charge is 0.225 e. The van der Waals surface area contributed by atoms with Crippen LogP contribution >= 0.6 is 0 Å². The lowest BCUT2D eigenvalue weighted by atomic mass is 9.83. The molecule has 2 amide bonds. The molecule has 0 radical (unpaired) electrons. The van der Waals surface area contributed by atoms with Gasteiger partial charge in [0.25, 0.3) is 0 Å². The highest BCUT2D eigenvalue weighted by molar-refractivity contribution is 5.80. The van der Waals surface area contributed by atoms with E-state index in [9.17, 15) is 14.7 Å². The first-order chi connectivity index (χ1) is 9.28. The zero-order valence-electron chi connectivity index (χ0n) is 12.7. The fourth-order valence-corrected chi connectivity index (χ4v) is 3.50. The summed E-state index contributed by atoms with van der Waals surface area (Å²) in [6.45, 7) is 7.43. The number of nitrogens with one attached hydrogen (secondary N) is 1. The fraction of sp³-hybridized carbons (Fsp3) is 0.867. The van der Waals surface area contributed by atoms with E-state index in [-0.39, 0.29) is 29.2 Å². The Labute approximate surface area is 120 Å². The first-order valence-electron chi connectivity index (χ1n) is 7.52. The SMILES string of the molecule is CC(=O)N[C@H]1C[C@H](C(=O)N2CCCC(C)(C)C2)C[C@@H]1O. The Hall–Kier alpha value is -1.10. The Kier molecular flexibility index (Phi) is 4.37. The second kappa shape index (κ2) is 5.72. The molecule has 20 heavy (non-hydrogen) atoms. The van der Waals surface area contributed by atoms with Crippen molar-refractivity contribution in [1.82, 2.24) is 10.2 Å². The number of amides is 2. The lowest BCUT2D eigenvalue weighted by Crippen LogP contribution is -2.46. The van der Waals surface area contributed by atoms with E-state index in [4.69, 9.17) is 0 Å². The van der Waals surface area contributed by atoms with Gasteiger partial charge >= 0.3 is 0 Å². The number of aliphatic hydroxyl groups is 1. The van der Waals surface area contributed by atoms with Crippen LogP contribution in [0.25, 0.3) is 0 Å². The molecule has 0 unspecified atom stereocenters. The van der Waals surface area contributed by atoms with E-state index in [2.05, 4.69) is 19.2 Å². The minimum absolute atomic E-state index is 0.143. The maximum absolute atomic E-state index is 12.6. The minimum atomic E-state index is -0.606. The Bertz CT molecular complexity index is 395. The molecular weight excluding hydrogens is 256 g/mol. The van der Waals surface area contributed by atoms with Crippen LogP contribution in [0.4, 0.5) is 0 Å². The average molecular weight is 282 g/mol. The van der Waals surface area contributed by atoms with Crippen LogP contribution in [0.1, 0.15) is 46.5 Å². The Morgan fingerprint density at radius 1 is 1.30 bits per heavy atom. The summed E-state index contributed by atoms with van der Waals surface area (Å²) in [6, 6.07) is -0.278. The van der Waals surface area contributed by atoms with E-state index in [1.54, 1.807) is 0 Å². The van der Waals surface area contributed by atoms with Gasteiger partial charge in [0, 0.05) is 25.9 Å². The quantitative estimate of drug-likeness (QED) is 0.791. The van der Waals surface area contributed by atoms with Crippen molar-refractivity contribution in [3.05, 3.63) is 0 Å². The first kappa shape index (κ1) is 15.3. The summed E-state index contributed by atoms with van der Waals surface area (Å²) in [6.07, 6.45) is 2.60. The predicted molar refractivity (Wildman–Crippen MR) is 75.9 cm³/mol. The molecule has 0 bridgehead atoms. The molecule has 2 aliphatic rings. The molecule has 0 aromatic rings. The van der Waals surface area contributed by atoms with Crippen molar-refractivity contribution in [2.45, 2.75) is 58.6 Å². The fourth-order valence-electron chi connectivity index (χ4n) is 3.50. The van der Waals surface area contributed by atoms with Crippen LogP contribution in [0.5, 0.6) is 0 Å². The Morgan fingerprint density at radius 2 is 2.00 bits per heavy atom. The lowest BCUT2D eigenvalue weighted by molar-refractivity contribution is -0.138. The molecule has 2 rings (SSSR count). The first-order valence-corrected chi connectivity index (χ1v) is 7.52. The van der Waals surface area contributed by atoms with Gasteiger partial charge in [-0.2, -0.15) is 0 Å². The van der Waals surface area contributed by atoms with Gasteiger partial charge < -0.3 is 15.3 Å². The van der Waals surface area contributed by atoms with Gasteiger partial charge in [0.2, 0.25) is 11.8 Å². The molecule has 114 valence electrons. The van der Waals surface area contributed by atoms with Crippen molar-refractivity contribution >= 4 is 11.8 Å². The number of nitrogens with zero attached hydrogens (tertiary/aromatic N) is 1. The van der Waals surface area contributed by atoms with Gasteiger partial charge in [0.05, 0.1) is 12.1 Å². The number of piperidine rings is 1. The predicted octanol–water partition coefficient (Wildman–Crippen LogP) is 0.911. The van der Waals surface area contributed by atoms with E-state index in [1.165, 1.54) is 6.92 Å². The van der Waals surface area contributed by atoms with E-state index < -0.39 is 6.10 Å². The highest BCUT2D eigenvalue weighted by atomic mass is 16.3. The second-order valence-corrected chi connectivity index (χ2v) is 7.07. The van der Waals surface area contributed by atoms with Crippen LogP contribution in [0.2, 0.25) is 0 Å². The number of carbonyl (C=O) groups is 2. The van der Waals surface area contributed by atoms with Crippen molar-refractivity contribution in [3.8, 4) is 0 Å². The maximum Gasteiger partial charge on any atom is 0.225 e. The van der Waals surface area contributed by atoms with Gasteiger partial charge in [-0.3, -0.25) is 9.59 Å². The number of rotatable bonds is 2. The Morgan fingerprint density at radius 3 is 2.60 bits per heavy atom. The van der Waals surface area contributed by atoms with Crippen LogP contribution in [0, 0.1) is 11.3 Å². The van der Waals surface area contributed by atoms with E-state index in [0.29, 0.717) is 12.8 Å². The van der Waals surface area contributed by atoms with Gasteiger partial charge in [-0.25, -0.2) is 0 Å². The molecule has 0 aromatic heterocycles. The molecule has 3 atom stereocenters. The highest BCUT2D eigenvalue weighted by Crippen LogP contribution is 2.33. The standard InChI is InChI=1S/C15H26N2O3/c1-10(18)16-12-7-11(8-13(12)19)14(20)17-6-4-5-15(2,3)9-17/h11-13,19H,4-9H2,1-3H3,(H,16,18)/t11-,12-,13-/m0/s1. The highest BCUT2D eigenvalue weighted by Gasteiger charge is 2.40. The molecule has 1 heterocycles. The summed E-state index contributed by atoms with van der Waals surface area (Å²) in [5, 5.41) is 12.7. The molecule has 0 spiro atoms. The zero-order chi connectivity index (χ0) is 14.9. The van der Waals surface area contributed by atoms with E-state index >= 15 is 0 Å². The molecule has 0 aromatic carbocycles. The number of hydrogen-bond acceptors (Lipinski definition) is 3. The molecule has 1 aliphatic carbocycles. The third-order valence-electron chi connectivity index (χ3n) is 4.48. The van der Waals surface area contributed by atoms with Crippen LogP contribution in [-0.2, 0) is 9.59 Å². The lowest BCUT2D eigenvalue weighted by Gasteiger charge is -2.39. The number of hydrogen-bond donors (Lipinski definition) is 2. The minimum Gasteiger partial charge on any atom is -0.391 e. The summed E-state index contributed by atoms with van der Waals surface area (Å²) >= 11 is 0. The van der Waals surface area contributed by atoms with Crippen molar-refractivity contribution in [2.75, 3.05) is 13.1 Å². The third-order valence-corrected chi connectivity index (χ3v) is 4.48. The van der Waals surface area contributed by atoms with E-state index in [1.807, 2.05) is 4.90 Å². The third kappa shape index (κ3) is 3.51. The number of likely N-dealkylation sites (tertiary alicyclic amines) is 1. The number of aliphatic hydroxyl groups excluding tert-OH is 1. The summed E-state index contributed by atoms with van der Waals surface area (Å²) in [5.74, 6) is -0.165. The number of carbonyl (C=O) groups excluding carboxylic acids is 2. The van der Waals surface area contributed by atoms with Gasteiger partial charge in [-0.1, -0.05) is 13.8 Å². The second-order valence-electron chi connectivity index (χ2n) is 7.07. The van der Waals surface area contributed by atoms with Crippen LogP contribution in [0.3, 0.4) is 0 Å². The maximum atomic E-state index is 12.6. The summed E-state index contributed by atoms with van der Waals surface area (Å²) in [7, 11) is 0. The molecule has 2 N–H and O–H groups in total. The molecule has 1 aliphatic heterocycles. The molecule has 1 saturated carbocycles. The molecule has 5 nitrogen and oxygen atoms in total. The van der Waals surface area contributed by atoms with Gasteiger partial charge in [-0.05, 0) is 31.1 Å². The molecule has 2 fully saturated rings. The molecule has 5 heteroatoms. The largest absolute Gasteiger partial charge is 0.391 e. The molecular formula is C15H26N2O3. The van der Waals surface area contributed by atoms with Crippen LogP contribution in [0.15, 0.2) is 0 Å². The monoisotopic (exact) mass is 282 g/mol. The average Bonchev–Trinajstić information content (AvgIpc) is 2.68. The van der Waals surface area contributed by atoms with Gasteiger partial charge in [0.15, 0.2) is 0 Å². The van der Waals surface area contributed by atoms with Crippen molar-refractivity contribution in [1.29, 1.82) is 0 Å². The summed E-state index contributed by atoms with van der Waals surface area (Å²) < 4.78 is 0.